The van der Waals surface area contributed by atoms with E-state index in [9.17, 15) is 9.59 Å². The van der Waals surface area contributed by atoms with Crippen LogP contribution in [0.15, 0.2) is 54.6 Å². The fraction of sp³-hybridized carbons (Fsp3) is 0.440. The molecule has 2 bridgehead atoms. The number of para-hydroxylation sites is 2. The Labute approximate surface area is 178 Å². The molecule has 1 aliphatic heterocycles. The molecule has 2 aliphatic rings. The lowest BCUT2D eigenvalue weighted by molar-refractivity contribution is -0.134. The molecule has 1 heterocycles. The van der Waals surface area contributed by atoms with Crippen molar-refractivity contribution in [1.29, 1.82) is 0 Å². The molecule has 0 radical (unpaired) electrons. The molecule has 1 saturated heterocycles. The maximum absolute atomic E-state index is 13.0. The first kappa shape index (κ1) is 20.5. The van der Waals surface area contributed by atoms with Crippen LogP contribution >= 0.6 is 0 Å². The Hall–Kier alpha value is -2.82. The van der Waals surface area contributed by atoms with E-state index < -0.39 is 0 Å². The summed E-state index contributed by atoms with van der Waals surface area (Å²) in [5.74, 6) is 0.170. The third-order valence-corrected chi connectivity index (χ3v) is 6.25. The largest absolute Gasteiger partial charge is 0.483 e. The summed E-state index contributed by atoms with van der Waals surface area (Å²) >= 11 is 0. The van der Waals surface area contributed by atoms with Crippen LogP contribution in [0, 0.1) is 10.8 Å². The molecule has 30 heavy (non-hydrogen) atoms. The zero-order valence-corrected chi connectivity index (χ0v) is 18.0. The average Bonchev–Trinajstić information content (AvgIpc) is 2.95. The number of carbonyl (C=O) groups excluding carboxylic acids is 2. The maximum Gasteiger partial charge on any atom is 0.260 e. The Morgan fingerprint density at radius 3 is 2.50 bits per heavy atom. The Bertz CT molecular complexity index is 940. The van der Waals surface area contributed by atoms with Gasteiger partial charge in [0.1, 0.15) is 5.75 Å². The first-order valence-electron chi connectivity index (χ1n) is 10.6. The molecule has 5 heteroatoms. The molecule has 2 fully saturated rings. The molecule has 0 spiro atoms. The minimum Gasteiger partial charge on any atom is -0.483 e. The number of anilines is 1. The van der Waals surface area contributed by atoms with Crippen molar-refractivity contribution in [3.63, 3.8) is 0 Å². The van der Waals surface area contributed by atoms with Gasteiger partial charge in [-0.15, -0.1) is 0 Å². The van der Waals surface area contributed by atoms with Gasteiger partial charge in [-0.3, -0.25) is 9.59 Å². The van der Waals surface area contributed by atoms with E-state index in [0.29, 0.717) is 17.0 Å². The van der Waals surface area contributed by atoms with Gasteiger partial charge in [-0.1, -0.05) is 51.1 Å². The highest BCUT2D eigenvalue weighted by Gasteiger charge is 2.50. The third-order valence-electron chi connectivity index (χ3n) is 6.25. The van der Waals surface area contributed by atoms with Gasteiger partial charge >= 0.3 is 0 Å². The van der Waals surface area contributed by atoms with Gasteiger partial charge in [0, 0.05) is 18.3 Å². The van der Waals surface area contributed by atoms with E-state index in [1.54, 1.807) is 18.2 Å². The summed E-state index contributed by atoms with van der Waals surface area (Å²) < 4.78 is 5.85. The number of amides is 2. The number of hydrogen-bond donors (Lipinski definition) is 1. The summed E-state index contributed by atoms with van der Waals surface area (Å²) in [6, 6.07) is 16.6. The number of likely N-dealkylation sites (tertiary alicyclic amines) is 1. The fourth-order valence-corrected chi connectivity index (χ4v) is 5.47. The first-order valence-corrected chi connectivity index (χ1v) is 10.6. The number of nitrogens with one attached hydrogen (secondary N) is 1. The molecular formula is C25H30N2O3. The Balaban J connectivity index is 1.42. The van der Waals surface area contributed by atoms with Gasteiger partial charge in [-0.05, 0) is 54.4 Å². The quantitative estimate of drug-likeness (QED) is 0.780. The summed E-state index contributed by atoms with van der Waals surface area (Å²) in [6.07, 6.45) is 3.24. The van der Waals surface area contributed by atoms with Crippen LogP contribution in [0.4, 0.5) is 5.69 Å². The Morgan fingerprint density at radius 2 is 1.73 bits per heavy atom. The normalized spacial score (nSPS) is 24.4. The molecule has 158 valence electrons. The Kier molecular flexibility index (Phi) is 5.31. The predicted octanol–water partition coefficient (Wildman–Crippen LogP) is 4.74. The van der Waals surface area contributed by atoms with Crippen molar-refractivity contribution in [2.75, 3.05) is 18.5 Å². The molecule has 0 aromatic heterocycles. The number of hydrogen-bond acceptors (Lipinski definition) is 3. The summed E-state index contributed by atoms with van der Waals surface area (Å²) in [7, 11) is 0. The van der Waals surface area contributed by atoms with Gasteiger partial charge in [-0.25, -0.2) is 0 Å². The van der Waals surface area contributed by atoms with Gasteiger partial charge in [0.15, 0.2) is 6.61 Å². The van der Waals surface area contributed by atoms with E-state index in [4.69, 9.17) is 4.74 Å². The second-order valence-corrected chi connectivity index (χ2v) is 9.84. The summed E-state index contributed by atoms with van der Waals surface area (Å²) in [5, 5.41) is 2.87. The second-order valence-electron chi connectivity index (χ2n) is 9.84. The standard InChI is InChI=1S/C25H30N2O3/c1-24(2)13-19-14-25(3,16-24)17-27(19)22(28)15-30-21-12-8-7-11-20(21)23(29)26-18-9-5-4-6-10-18/h4-12,19H,13-17H2,1-3H3,(H,26,29)/t19-,25+/m1/s1. The van der Waals surface area contributed by atoms with E-state index in [0.717, 1.165) is 25.8 Å². The highest BCUT2D eigenvalue weighted by Crippen LogP contribution is 2.52. The molecule has 2 aromatic rings. The van der Waals surface area contributed by atoms with Crippen molar-refractivity contribution in [2.45, 2.75) is 46.1 Å². The number of benzene rings is 2. The topological polar surface area (TPSA) is 58.6 Å². The maximum atomic E-state index is 13.0. The van der Waals surface area contributed by atoms with Crippen LogP contribution in [-0.2, 0) is 4.79 Å². The third kappa shape index (κ3) is 4.35. The second kappa shape index (κ2) is 7.78. The van der Waals surface area contributed by atoms with Gasteiger partial charge in [0.2, 0.25) is 0 Å². The van der Waals surface area contributed by atoms with Gasteiger partial charge in [-0.2, -0.15) is 0 Å². The van der Waals surface area contributed by atoms with Gasteiger partial charge in [0.05, 0.1) is 5.56 Å². The zero-order chi connectivity index (χ0) is 21.4. The number of carbonyl (C=O) groups is 2. The summed E-state index contributed by atoms with van der Waals surface area (Å²) in [4.78, 5) is 27.7. The Morgan fingerprint density at radius 1 is 1.03 bits per heavy atom. The molecule has 0 unspecified atom stereocenters. The SMILES string of the molecule is CC1(C)C[C@@H]2C[C@](C)(CN2C(=O)COc2ccccc2C(=O)Nc2ccccc2)C1. The number of rotatable bonds is 5. The van der Waals surface area contributed by atoms with Crippen molar-refractivity contribution in [3.05, 3.63) is 60.2 Å². The highest BCUT2D eigenvalue weighted by atomic mass is 16.5. The smallest absolute Gasteiger partial charge is 0.260 e. The van der Waals surface area contributed by atoms with Gasteiger partial charge < -0.3 is 15.0 Å². The molecular weight excluding hydrogens is 376 g/mol. The average molecular weight is 407 g/mol. The molecule has 2 atom stereocenters. The number of ether oxygens (including phenoxy) is 1. The van der Waals surface area contributed by atoms with Crippen LogP contribution in [0.2, 0.25) is 0 Å². The minimum absolute atomic E-state index is 0.000282. The van der Waals surface area contributed by atoms with Gasteiger partial charge in [0.25, 0.3) is 11.8 Å². The van der Waals surface area contributed by atoms with Crippen molar-refractivity contribution in [3.8, 4) is 5.75 Å². The van der Waals surface area contributed by atoms with Crippen molar-refractivity contribution in [1.82, 2.24) is 4.90 Å². The van der Waals surface area contributed by atoms with Crippen LogP contribution in [0.25, 0.3) is 0 Å². The lowest BCUT2D eigenvalue weighted by Gasteiger charge is -2.39. The molecule has 1 saturated carbocycles. The van der Waals surface area contributed by atoms with E-state index in [-0.39, 0.29) is 35.3 Å². The van der Waals surface area contributed by atoms with Crippen molar-refractivity contribution in [2.24, 2.45) is 10.8 Å². The van der Waals surface area contributed by atoms with E-state index in [2.05, 4.69) is 26.1 Å². The molecule has 5 nitrogen and oxygen atoms in total. The first-order chi connectivity index (χ1) is 14.2. The van der Waals surface area contributed by atoms with E-state index in [1.165, 1.54) is 0 Å². The summed E-state index contributed by atoms with van der Waals surface area (Å²) in [6.45, 7) is 7.62. The molecule has 2 aromatic carbocycles. The van der Waals surface area contributed by atoms with Crippen molar-refractivity contribution >= 4 is 17.5 Å². The molecule has 1 N–H and O–H groups in total. The van der Waals surface area contributed by atoms with Crippen LogP contribution in [0.1, 0.15) is 50.4 Å². The van der Waals surface area contributed by atoms with Crippen LogP contribution in [0.5, 0.6) is 5.75 Å². The van der Waals surface area contributed by atoms with Crippen LogP contribution in [-0.4, -0.2) is 35.9 Å². The highest BCUT2D eigenvalue weighted by molar-refractivity contribution is 6.06. The van der Waals surface area contributed by atoms with Crippen LogP contribution < -0.4 is 10.1 Å². The van der Waals surface area contributed by atoms with E-state index in [1.807, 2.05) is 41.3 Å². The number of fused-ring (bicyclic) bond motifs is 2. The monoisotopic (exact) mass is 406 g/mol. The lowest BCUT2D eigenvalue weighted by Crippen LogP contribution is -2.40. The molecule has 1 aliphatic carbocycles. The lowest BCUT2D eigenvalue weighted by atomic mass is 9.65. The number of nitrogens with zero attached hydrogens (tertiary/aromatic N) is 1. The van der Waals surface area contributed by atoms with E-state index >= 15 is 0 Å². The fourth-order valence-electron chi connectivity index (χ4n) is 5.47. The van der Waals surface area contributed by atoms with Crippen LogP contribution in [0.3, 0.4) is 0 Å². The minimum atomic E-state index is -0.254. The predicted molar refractivity (Wildman–Crippen MR) is 118 cm³/mol. The van der Waals surface area contributed by atoms with Crippen molar-refractivity contribution < 1.29 is 14.3 Å². The molecule has 2 amide bonds. The summed E-state index contributed by atoms with van der Waals surface area (Å²) in [5.41, 5.74) is 1.58. The molecule has 4 rings (SSSR count). The zero-order valence-electron chi connectivity index (χ0n) is 18.0.